The highest BCUT2D eigenvalue weighted by Crippen LogP contribution is 2.36. The lowest BCUT2D eigenvalue weighted by Gasteiger charge is -2.19. The zero-order chi connectivity index (χ0) is 13.5. The number of hydrogen-bond donors (Lipinski definition) is 2. The molecule has 0 spiro atoms. The fourth-order valence-electron chi connectivity index (χ4n) is 1.60. The van der Waals surface area contributed by atoms with Crippen LogP contribution in [0.25, 0.3) is 0 Å². The molecule has 0 saturated carbocycles. The van der Waals surface area contributed by atoms with Crippen molar-refractivity contribution in [2.75, 3.05) is 34.0 Å². The molecular weight excluding hydrogens is 302 g/mol. The Morgan fingerprint density at radius 3 is 2.39 bits per heavy atom. The fraction of sp³-hybridized carbons (Fsp3) is 0.500. The second-order valence-corrected chi connectivity index (χ2v) is 4.40. The minimum Gasteiger partial charge on any atom is -0.493 e. The van der Waals surface area contributed by atoms with Gasteiger partial charge in [0.15, 0.2) is 11.5 Å². The van der Waals surface area contributed by atoms with Crippen LogP contribution in [0.2, 0.25) is 0 Å². The second-order valence-electron chi connectivity index (χ2n) is 3.55. The lowest BCUT2D eigenvalue weighted by Crippen LogP contribution is -2.18. The Morgan fingerprint density at radius 1 is 1.28 bits per heavy atom. The Hall–Kier alpha value is -0.820. The Balaban J connectivity index is 3.06. The van der Waals surface area contributed by atoms with Crippen LogP contribution in [-0.2, 0) is 4.74 Å². The van der Waals surface area contributed by atoms with Crippen LogP contribution in [0, 0.1) is 0 Å². The summed E-state index contributed by atoms with van der Waals surface area (Å²) in [5, 5.41) is 8.79. The van der Waals surface area contributed by atoms with E-state index in [4.69, 9.17) is 25.1 Å². The van der Waals surface area contributed by atoms with Gasteiger partial charge >= 0.3 is 0 Å². The Kier molecular flexibility index (Phi) is 6.42. The van der Waals surface area contributed by atoms with Gasteiger partial charge in [0, 0.05) is 16.6 Å². The highest BCUT2D eigenvalue weighted by atomic mass is 79.9. The van der Waals surface area contributed by atoms with Crippen molar-refractivity contribution in [2.24, 2.45) is 5.73 Å². The molecule has 1 atom stereocenters. The summed E-state index contributed by atoms with van der Waals surface area (Å²) in [4.78, 5) is 0. The quantitative estimate of drug-likeness (QED) is 0.796. The average Bonchev–Trinajstić information content (AvgIpc) is 2.40. The van der Waals surface area contributed by atoms with Crippen molar-refractivity contribution in [3.63, 3.8) is 0 Å². The molecule has 0 bridgehead atoms. The van der Waals surface area contributed by atoms with Crippen LogP contribution < -0.4 is 15.2 Å². The number of rotatable bonds is 7. The summed E-state index contributed by atoms with van der Waals surface area (Å²) in [6.45, 7) is 0.512. The van der Waals surface area contributed by atoms with Crippen molar-refractivity contribution in [1.82, 2.24) is 0 Å². The zero-order valence-electron chi connectivity index (χ0n) is 10.5. The minimum absolute atomic E-state index is 0.0403. The highest BCUT2D eigenvalue weighted by Gasteiger charge is 2.17. The molecule has 6 heteroatoms. The van der Waals surface area contributed by atoms with Gasteiger partial charge < -0.3 is 25.1 Å². The van der Waals surface area contributed by atoms with Gasteiger partial charge in [0.2, 0.25) is 0 Å². The SMILES string of the molecule is COc1cc(Br)c(C(CN)OCCO)cc1OC. The van der Waals surface area contributed by atoms with E-state index in [0.29, 0.717) is 18.0 Å². The molecule has 102 valence electrons. The van der Waals surface area contributed by atoms with Crippen LogP contribution >= 0.6 is 15.9 Å². The third-order valence-electron chi connectivity index (χ3n) is 2.47. The van der Waals surface area contributed by atoms with Crippen LogP contribution in [0.5, 0.6) is 11.5 Å². The number of halogens is 1. The molecule has 0 amide bonds. The summed E-state index contributed by atoms with van der Waals surface area (Å²) in [6.07, 6.45) is -0.300. The molecule has 0 aliphatic rings. The van der Waals surface area contributed by atoms with Crippen LogP contribution in [0.3, 0.4) is 0 Å². The van der Waals surface area contributed by atoms with E-state index in [1.54, 1.807) is 20.3 Å². The maximum atomic E-state index is 8.79. The van der Waals surface area contributed by atoms with E-state index in [0.717, 1.165) is 10.0 Å². The van der Waals surface area contributed by atoms with Gasteiger partial charge in [0.25, 0.3) is 0 Å². The third kappa shape index (κ3) is 3.58. The Bertz CT molecular complexity index is 387. The van der Waals surface area contributed by atoms with Crippen molar-refractivity contribution in [1.29, 1.82) is 0 Å². The second kappa shape index (κ2) is 7.58. The number of benzene rings is 1. The first-order valence-electron chi connectivity index (χ1n) is 5.51. The smallest absolute Gasteiger partial charge is 0.161 e. The summed E-state index contributed by atoms with van der Waals surface area (Å²) >= 11 is 3.45. The number of ether oxygens (including phenoxy) is 3. The van der Waals surface area contributed by atoms with Crippen molar-refractivity contribution >= 4 is 15.9 Å². The van der Waals surface area contributed by atoms with E-state index < -0.39 is 0 Å². The molecule has 0 fully saturated rings. The maximum Gasteiger partial charge on any atom is 0.161 e. The summed E-state index contributed by atoms with van der Waals surface area (Å²) in [5.41, 5.74) is 6.54. The summed E-state index contributed by atoms with van der Waals surface area (Å²) < 4.78 is 16.7. The molecule has 0 saturated heterocycles. The van der Waals surface area contributed by atoms with Crippen LogP contribution in [0.1, 0.15) is 11.7 Å². The van der Waals surface area contributed by atoms with Crippen LogP contribution in [0.4, 0.5) is 0 Å². The predicted octanol–water partition coefficient (Wildman–Crippen LogP) is 1.47. The Labute approximate surface area is 115 Å². The third-order valence-corrected chi connectivity index (χ3v) is 3.16. The number of methoxy groups -OCH3 is 2. The molecule has 3 N–H and O–H groups in total. The first kappa shape index (κ1) is 15.2. The number of nitrogens with two attached hydrogens (primary N) is 1. The number of aliphatic hydroxyl groups is 1. The monoisotopic (exact) mass is 319 g/mol. The van der Waals surface area contributed by atoms with Gasteiger partial charge in [0.05, 0.1) is 33.5 Å². The molecule has 5 nitrogen and oxygen atoms in total. The molecule has 0 aliphatic carbocycles. The van der Waals surface area contributed by atoms with Crippen LogP contribution in [0.15, 0.2) is 16.6 Å². The van der Waals surface area contributed by atoms with E-state index in [1.165, 1.54) is 0 Å². The standard InChI is InChI=1S/C12H18BrNO4/c1-16-10-5-8(9(13)6-11(10)17-2)12(7-14)18-4-3-15/h5-6,12,15H,3-4,7,14H2,1-2H3. The zero-order valence-corrected chi connectivity index (χ0v) is 12.1. The van der Waals surface area contributed by atoms with Gasteiger partial charge in [0.1, 0.15) is 0 Å². The molecule has 0 aliphatic heterocycles. The predicted molar refractivity (Wildman–Crippen MR) is 72.1 cm³/mol. The van der Waals surface area contributed by atoms with E-state index >= 15 is 0 Å². The minimum atomic E-state index is -0.300. The first-order chi connectivity index (χ1) is 8.67. The van der Waals surface area contributed by atoms with Gasteiger partial charge in [-0.15, -0.1) is 0 Å². The molecule has 1 rings (SSSR count). The van der Waals surface area contributed by atoms with Gasteiger partial charge in [-0.25, -0.2) is 0 Å². The van der Waals surface area contributed by atoms with Gasteiger partial charge in [-0.1, -0.05) is 15.9 Å². The molecule has 18 heavy (non-hydrogen) atoms. The fourth-order valence-corrected chi connectivity index (χ4v) is 2.17. The first-order valence-corrected chi connectivity index (χ1v) is 6.31. The topological polar surface area (TPSA) is 73.9 Å². The molecule has 0 radical (unpaired) electrons. The van der Waals surface area contributed by atoms with E-state index in [-0.39, 0.29) is 19.3 Å². The normalized spacial score (nSPS) is 12.3. The van der Waals surface area contributed by atoms with Crippen molar-refractivity contribution in [2.45, 2.75) is 6.10 Å². The highest BCUT2D eigenvalue weighted by molar-refractivity contribution is 9.10. The molecule has 1 aromatic rings. The largest absolute Gasteiger partial charge is 0.493 e. The molecule has 1 aromatic carbocycles. The average molecular weight is 320 g/mol. The molecular formula is C12H18BrNO4. The Morgan fingerprint density at radius 2 is 1.89 bits per heavy atom. The number of hydrogen-bond acceptors (Lipinski definition) is 5. The lowest BCUT2D eigenvalue weighted by atomic mass is 10.1. The summed E-state index contributed by atoms with van der Waals surface area (Å²) in [5.74, 6) is 1.24. The van der Waals surface area contributed by atoms with E-state index in [9.17, 15) is 0 Å². The van der Waals surface area contributed by atoms with Crippen molar-refractivity contribution in [3.8, 4) is 11.5 Å². The molecule has 0 heterocycles. The maximum absolute atomic E-state index is 8.79. The summed E-state index contributed by atoms with van der Waals surface area (Å²) in [7, 11) is 3.15. The molecule has 1 unspecified atom stereocenters. The summed E-state index contributed by atoms with van der Waals surface area (Å²) in [6, 6.07) is 3.62. The van der Waals surface area contributed by atoms with Gasteiger partial charge in [-0.3, -0.25) is 0 Å². The van der Waals surface area contributed by atoms with E-state index in [2.05, 4.69) is 15.9 Å². The van der Waals surface area contributed by atoms with Crippen molar-refractivity contribution < 1.29 is 19.3 Å². The van der Waals surface area contributed by atoms with Crippen LogP contribution in [-0.4, -0.2) is 39.1 Å². The molecule has 0 aromatic heterocycles. The van der Waals surface area contributed by atoms with E-state index in [1.807, 2.05) is 6.07 Å². The number of aliphatic hydroxyl groups excluding tert-OH is 1. The van der Waals surface area contributed by atoms with Gasteiger partial charge in [-0.2, -0.15) is 0 Å². The van der Waals surface area contributed by atoms with Gasteiger partial charge in [-0.05, 0) is 12.1 Å². The lowest BCUT2D eigenvalue weighted by molar-refractivity contribution is 0.0323. The van der Waals surface area contributed by atoms with Crippen molar-refractivity contribution in [3.05, 3.63) is 22.2 Å².